The summed E-state index contributed by atoms with van der Waals surface area (Å²) < 4.78 is 0. The minimum atomic E-state index is 0.362. The van der Waals surface area contributed by atoms with Gasteiger partial charge in [-0.1, -0.05) is 60.7 Å². The summed E-state index contributed by atoms with van der Waals surface area (Å²) in [5.74, 6) is 0. The van der Waals surface area contributed by atoms with Crippen molar-refractivity contribution < 1.29 is 0 Å². The predicted octanol–water partition coefficient (Wildman–Crippen LogP) is 3.47. The van der Waals surface area contributed by atoms with Crippen LogP contribution in [0.5, 0.6) is 0 Å². The maximum atomic E-state index is 4.67. The molecule has 0 aromatic heterocycles. The van der Waals surface area contributed by atoms with Gasteiger partial charge in [-0.2, -0.15) is 5.10 Å². The lowest BCUT2D eigenvalue weighted by atomic mass is 9.99. The normalized spacial score (nSPS) is 18.8. The molecule has 0 radical (unpaired) electrons. The van der Waals surface area contributed by atoms with Crippen LogP contribution in [-0.2, 0) is 0 Å². The van der Waals surface area contributed by atoms with E-state index >= 15 is 0 Å². The van der Waals surface area contributed by atoms with E-state index in [1.54, 1.807) is 0 Å². The van der Waals surface area contributed by atoms with Crippen molar-refractivity contribution in [1.29, 1.82) is 0 Å². The van der Waals surface area contributed by atoms with Crippen LogP contribution in [0, 0.1) is 0 Å². The highest BCUT2D eigenvalue weighted by atomic mass is 15.5. The van der Waals surface area contributed by atoms with Crippen molar-refractivity contribution in [2.75, 3.05) is 7.05 Å². The lowest BCUT2D eigenvalue weighted by Gasteiger charge is -2.18. The number of nitrogens with zero attached hydrogens (tertiary/aromatic N) is 2. The highest BCUT2D eigenvalue weighted by Crippen LogP contribution is 2.30. The number of rotatable bonds is 2. The van der Waals surface area contributed by atoms with Crippen LogP contribution in [0.3, 0.4) is 0 Å². The number of benzene rings is 2. The topological polar surface area (TPSA) is 15.6 Å². The molecule has 2 aromatic carbocycles. The second-order valence-electron chi connectivity index (χ2n) is 4.62. The van der Waals surface area contributed by atoms with Crippen molar-refractivity contribution in [1.82, 2.24) is 5.01 Å². The van der Waals surface area contributed by atoms with Crippen molar-refractivity contribution in [3.05, 3.63) is 71.8 Å². The van der Waals surface area contributed by atoms with Gasteiger partial charge in [0.2, 0.25) is 0 Å². The minimum Gasteiger partial charge on any atom is -0.292 e. The summed E-state index contributed by atoms with van der Waals surface area (Å²) in [6.45, 7) is 0. The van der Waals surface area contributed by atoms with Gasteiger partial charge < -0.3 is 0 Å². The average molecular weight is 236 g/mol. The third kappa shape index (κ3) is 2.02. The molecular weight excluding hydrogens is 220 g/mol. The fourth-order valence-corrected chi connectivity index (χ4v) is 2.43. The van der Waals surface area contributed by atoms with Gasteiger partial charge in [-0.15, -0.1) is 0 Å². The van der Waals surface area contributed by atoms with Gasteiger partial charge in [0.1, 0.15) is 0 Å². The Labute approximate surface area is 108 Å². The molecule has 0 aliphatic carbocycles. The smallest absolute Gasteiger partial charge is 0.0773 e. The van der Waals surface area contributed by atoms with Crippen molar-refractivity contribution >= 4 is 5.71 Å². The van der Waals surface area contributed by atoms with Crippen LogP contribution in [0.1, 0.15) is 23.6 Å². The zero-order valence-electron chi connectivity index (χ0n) is 10.5. The summed E-state index contributed by atoms with van der Waals surface area (Å²) in [6.07, 6.45) is 0.977. The molecule has 90 valence electrons. The fraction of sp³-hybridized carbons (Fsp3) is 0.188. The molecule has 0 saturated heterocycles. The summed E-state index contributed by atoms with van der Waals surface area (Å²) in [6, 6.07) is 21.3. The molecule has 0 fully saturated rings. The molecule has 3 rings (SSSR count). The Balaban J connectivity index is 1.85. The van der Waals surface area contributed by atoms with Crippen molar-refractivity contribution in [2.24, 2.45) is 5.10 Å². The van der Waals surface area contributed by atoms with Crippen LogP contribution in [-0.4, -0.2) is 17.8 Å². The van der Waals surface area contributed by atoms with Crippen LogP contribution in [0.15, 0.2) is 65.8 Å². The Morgan fingerprint density at radius 3 is 2.22 bits per heavy atom. The van der Waals surface area contributed by atoms with Gasteiger partial charge >= 0.3 is 0 Å². The first-order valence-corrected chi connectivity index (χ1v) is 6.25. The molecule has 2 heteroatoms. The predicted molar refractivity (Wildman–Crippen MR) is 74.5 cm³/mol. The standard InChI is InChI=1S/C16H16N2/c1-18-16(14-10-6-3-7-11-14)12-15(17-18)13-8-4-2-5-9-13/h2-11,16H,12H2,1H3/t16-/m1/s1. The zero-order valence-corrected chi connectivity index (χ0v) is 10.5. The van der Waals surface area contributed by atoms with Crippen molar-refractivity contribution in [3.8, 4) is 0 Å². The Kier molecular flexibility index (Phi) is 2.85. The molecule has 1 atom stereocenters. The molecule has 0 amide bonds. The molecule has 0 unspecified atom stereocenters. The Morgan fingerprint density at radius 2 is 1.56 bits per heavy atom. The quantitative estimate of drug-likeness (QED) is 0.779. The molecule has 2 aromatic rings. The third-order valence-electron chi connectivity index (χ3n) is 3.41. The summed E-state index contributed by atoms with van der Waals surface area (Å²) in [5.41, 5.74) is 3.73. The van der Waals surface area contributed by atoms with Gasteiger partial charge in [-0.3, -0.25) is 5.01 Å². The van der Waals surface area contributed by atoms with Gasteiger partial charge in [-0.05, 0) is 11.1 Å². The Bertz CT molecular complexity index is 546. The van der Waals surface area contributed by atoms with Gasteiger partial charge in [0.15, 0.2) is 0 Å². The van der Waals surface area contributed by atoms with Crippen LogP contribution in [0.25, 0.3) is 0 Å². The SMILES string of the molecule is CN1N=C(c2ccccc2)C[C@@H]1c1ccccc1. The molecule has 1 aliphatic heterocycles. The Morgan fingerprint density at radius 1 is 0.944 bits per heavy atom. The van der Waals surface area contributed by atoms with E-state index in [-0.39, 0.29) is 0 Å². The summed E-state index contributed by atoms with van der Waals surface area (Å²) >= 11 is 0. The average Bonchev–Trinajstić information content (AvgIpc) is 2.83. The van der Waals surface area contributed by atoms with E-state index in [2.05, 4.69) is 64.7 Å². The molecule has 0 bridgehead atoms. The monoisotopic (exact) mass is 236 g/mol. The summed E-state index contributed by atoms with van der Waals surface area (Å²) in [4.78, 5) is 0. The van der Waals surface area contributed by atoms with Crippen molar-refractivity contribution in [3.63, 3.8) is 0 Å². The fourth-order valence-electron chi connectivity index (χ4n) is 2.43. The highest BCUT2D eigenvalue weighted by molar-refractivity contribution is 6.01. The van der Waals surface area contributed by atoms with E-state index < -0.39 is 0 Å². The second-order valence-corrected chi connectivity index (χ2v) is 4.62. The van der Waals surface area contributed by atoms with E-state index in [0.29, 0.717) is 6.04 Å². The molecule has 18 heavy (non-hydrogen) atoms. The summed E-state index contributed by atoms with van der Waals surface area (Å²) in [7, 11) is 2.05. The lowest BCUT2D eigenvalue weighted by Crippen LogP contribution is -2.13. The molecule has 1 heterocycles. The van der Waals surface area contributed by atoms with E-state index in [1.165, 1.54) is 16.8 Å². The first kappa shape index (κ1) is 11.0. The van der Waals surface area contributed by atoms with Crippen LogP contribution in [0.4, 0.5) is 0 Å². The largest absolute Gasteiger partial charge is 0.292 e. The van der Waals surface area contributed by atoms with Gasteiger partial charge in [0.05, 0.1) is 11.8 Å². The molecule has 2 nitrogen and oxygen atoms in total. The number of hydrazone groups is 1. The first-order chi connectivity index (χ1) is 8.84. The second kappa shape index (κ2) is 4.65. The number of hydrogen-bond donors (Lipinski definition) is 0. The van der Waals surface area contributed by atoms with Crippen LogP contribution in [0.2, 0.25) is 0 Å². The van der Waals surface area contributed by atoms with Crippen LogP contribution < -0.4 is 0 Å². The van der Waals surface area contributed by atoms with E-state index in [4.69, 9.17) is 0 Å². The maximum absolute atomic E-state index is 4.67. The molecule has 1 aliphatic rings. The Hall–Kier alpha value is -2.09. The molecular formula is C16H16N2. The molecule has 0 spiro atoms. The zero-order chi connectivity index (χ0) is 12.4. The third-order valence-corrected chi connectivity index (χ3v) is 3.41. The highest BCUT2D eigenvalue weighted by Gasteiger charge is 2.25. The molecule has 0 N–H and O–H groups in total. The molecule has 0 saturated carbocycles. The first-order valence-electron chi connectivity index (χ1n) is 6.25. The van der Waals surface area contributed by atoms with Crippen LogP contribution >= 0.6 is 0 Å². The van der Waals surface area contributed by atoms with E-state index in [1.807, 2.05) is 13.1 Å². The maximum Gasteiger partial charge on any atom is 0.0773 e. The van der Waals surface area contributed by atoms with E-state index in [9.17, 15) is 0 Å². The van der Waals surface area contributed by atoms with Gasteiger partial charge in [-0.25, -0.2) is 0 Å². The minimum absolute atomic E-state index is 0.362. The van der Waals surface area contributed by atoms with Gasteiger partial charge in [0.25, 0.3) is 0 Å². The summed E-state index contributed by atoms with van der Waals surface area (Å²) in [5, 5.41) is 6.73. The van der Waals surface area contributed by atoms with Gasteiger partial charge in [0, 0.05) is 13.5 Å². The van der Waals surface area contributed by atoms with Crippen molar-refractivity contribution in [2.45, 2.75) is 12.5 Å². The lowest BCUT2D eigenvalue weighted by molar-refractivity contribution is 0.290. The number of hydrogen-bond acceptors (Lipinski definition) is 2. The van der Waals surface area contributed by atoms with E-state index in [0.717, 1.165) is 6.42 Å².